The average Bonchev–Trinajstić information content (AvgIpc) is 3.29. The number of nitrogens with one attached hydrogen (secondary N) is 1. The van der Waals surface area contributed by atoms with Gasteiger partial charge in [-0.15, -0.1) is 10.2 Å². The average molecular weight is 407 g/mol. The van der Waals surface area contributed by atoms with Crippen molar-refractivity contribution in [1.29, 1.82) is 0 Å². The molecule has 0 saturated heterocycles. The van der Waals surface area contributed by atoms with Crippen molar-refractivity contribution in [3.8, 4) is 16.8 Å². The van der Waals surface area contributed by atoms with E-state index < -0.39 is 12.2 Å². The van der Waals surface area contributed by atoms with Crippen molar-refractivity contribution in [2.75, 3.05) is 12.0 Å². The fourth-order valence-corrected chi connectivity index (χ4v) is 4.56. The van der Waals surface area contributed by atoms with Crippen molar-refractivity contribution in [2.45, 2.75) is 39.8 Å². The summed E-state index contributed by atoms with van der Waals surface area (Å²) in [5, 5.41) is 12.9. The Hall–Kier alpha value is -3.22. The fraction of sp³-hybridized carbons (Fsp3) is 0.304. The quantitative estimate of drug-likeness (QED) is 0.503. The van der Waals surface area contributed by atoms with Crippen molar-refractivity contribution < 1.29 is 8.78 Å². The number of benzene rings is 2. The Balaban J connectivity index is 1.80. The van der Waals surface area contributed by atoms with E-state index in [4.69, 9.17) is 0 Å². The number of fused-ring (bicyclic) bond motifs is 4. The van der Waals surface area contributed by atoms with Crippen molar-refractivity contribution in [3.05, 3.63) is 59.6 Å². The first-order valence-electron chi connectivity index (χ1n) is 10.0. The number of anilines is 1. The van der Waals surface area contributed by atoms with Gasteiger partial charge in [-0.05, 0) is 62.6 Å². The summed E-state index contributed by atoms with van der Waals surface area (Å²) in [6.07, 6.45) is 1.88. The summed E-state index contributed by atoms with van der Waals surface area (Å²) in [6, 6.07) is 9.43. The van der Waals surface area contributed by atoms with Gasteiger partial charge in [0.1, 0.15) is 18.3 Å². The second kappa shape index (κ2) is 6.39. The van der Waals surface area contributed by atoms with Crippen molar-refractivity contribution in [1.82, 2.24) is 19.3 Å². The summed E-state index contributed by atoms with van der Waals surface area (Å²) < 4.78 is 32.2. The predicted octanol–water partition coefficient (Wildman–Crippen LogP) is 5.28. The van der Waals surface area contributed by atoms with Gasteiger partial charge in [-0.3, -0.25) is 4.57 Å². The van der Waals surface area contributed by atoms with Crippen LogP contribution in [0.2, 0.25) is 0 Å². The van der Waals surface area contributed by atoms with E-state index in [1.54, 1.807) is 6.07 Å². The van der Waals surface area contributed by atoms with Gasteiger partial charge in [0.2, 0.25) is 0 Å². The van der Waals surface area contributed by atoms with Crippen LogP contribution in [-0.2, 0) is 12.1 Å². The zero-order valence-electron chi connectivity index (χ0n) is 17.4. The molecule has 30 heavy (non-hydrogen) atoms. The SMILES string of the molecule is Cc1c(-c2cccc3c2ccn3CCF)cc(F)c2c1-n1c(C)nnc1C(C)(C)N2. The Kier molecular flexibility index (Phi) is 4.00. The molecule has 4 aromatic rings. The van der Waals surface area contributed by atoms with Crippen LogP contribution in [0, 0.1) is 19.7 Å². The molecule has 0 spiro atoms. The molecule has 5 nitrogen and oxygen atoms in total. The molecule has 0 atom stereocenters. The van der Waals surface area contributed by atoms with Gasteiger partial charge < -0.3 is 9.88 Å². The van der Waals surface area contributed by atoms with Crippen molar-refractivity contribution in [2.24, 2.45) is 0 Å². The smallest absolute Gasteiger partial charge is 0.162 e. The number of rotatable bonds is 3. The molecule has 0 radical (unpaired) electrons. The number of aryl methyl sites for hydroxylation is 2. The predicted molar refractivity (Wildman–Crippen MR) is 114 cm³/mol. The van der Waals surface area contributed by atoms with Crippen LogP contribution in [0.4, 0.5) is 14.5 Å². The monoisotopic (exact) mass is 407 g/mol. The Labute approximate surface area is 173 Å². The first-order chi connectivity index (χ1) is 14.3. The van der Waals surface area contributed by atoms with Crippen LogP contribution in [0.5, 0.6) is 0 Å². The van der Waals surface area contributed by atoms with Gasteiger partial charge in [0.05, 0.1) is 23.5 Å². The number of halogens is 2. The van der Waals surface area contributed by atoms with Gasteiger partial charge in [0.25, 0.3) is 0 Å². The molecule has 3 heterocycles. The van der Waals surface area contributed by atoms with Crippen molar-refractivity contribution in [3.63, 3.8) is 0 Å². The van der Waals surface area contributed by atoms with E-state index in [0.717, 1.165) is 39.1 Å². The van der Waals surface area contributed by atoms with Gasteiger partial charge in [0.15, 0.2) is 5.82 Å². The summed E-state index contributed by atoms with van der Waals surface area (Å²) in [5.74, 6) is 1.14. The summed E-state index contributed by atoms with van der Waals surface area (Å²) in [6.45, 7) is 7.67. The summed E-state index contributed by atoms with van der Waals surface area (Å²) in [7, 11) is 0. The number of aromatic nitrogens is 4. The van der Waals surface area contributed by atoms with Crippen LogP contribution in [0.25, 0.3) is 27.7 Å². The van der Waals surface area contributed by atoms with E-state index in [-0.39, 0.29) is 5.82 Å². The molecule has 1 N–H and O–H groups in total. The molecular weight excluding hydrogens is 384 g/mol. The molecule has 5 rings (SSSR count). The van der Waals surface area contributed by atoms with Gasteiger partial charge in [-0.2, -0.15) is 0 Å². The maximum atomic E-state index is 15.4. The van der Waals surface area contributed by atoms with Crippen LogP contribution in [0.1, 0.15) is 31.1 Å². The van der Waals surface area contributed by atoms with Gasteiger partial charge >= 0.3 is 0 Å². The largest absolute Gasteiger partial charge is 0.369 e. The first kappa shape index (κ1) is 18.8. The van der Waals surface area contributed by atoms with Crippen LogP contribution in [0.15, 0.2) is 36.5 Å². The lowest BCUT2D eigenvalue weighted by molar-refractivity contribution is 0.451. The third-order valence-corrected chi connectivity index (χ3v) is 5.98. The van der Waals surface area contributed by atoms with Gasteiger partial charge in [-0.1, -0.05) is 12.1 Å². The Morgan fingerprint density at radius 1 is 1.10 bits per heavy atom. The van der Waals surface area contributed by atoms with Crippen LogP contribution >= 0.6 is 0 Å². The minimum atomic E-state index is -0.549. The van der Waals surface area contributed by atoms with Crippen LogP contribution in [0.3, 0.4) is 0 Å². The Bertz CT molecular complexity index is 1300. The molecule has 1 aliphatic heterocycles. The highest BCUT2D eigenvalue weighted by Gasteiger charge is 2.37. The molecule has 154 valence electrons. The highest BCUT2D eigenvalue weighted by Crippen LogP contribution is 2.44. The number of nitrogens with zero attached hydrogens (tertiary/aromatic N) is 4. The van der Waals surface area contributed by atoms with Gasteiger partial charge in [0, 0.05) is 17.1 Å². The second-order valence-electron chi connectivity index (χ2n) is 8.35. The zero-order valence-corrected chi connectivity index (χ0v) is 17.4. The summed E-state index contributed by atoms with van der Waals surface area (Å²) >= 11 is 0. The fourth-order valence-electron chi connectivity index (χ4n) is 4.56. The molecule has 0 fully saturated rings. The lowest BCUT2D eigenvalue weighted by atomic mass is 9.92. The maximum absolute atomic E-state index is 15.4. The summed E-state index contributed by atoms with van der Waals surface area (Å²) in [5.41, 5.74) is 4.23. The highest BCUT2D eigenvalue weighted by molar-refractivity contribution is 5.97. The van der Waals surface area contributed by atoms with E-state index >= 15 is 4.39 Å². The topological polar surface area (TPSA) is 47.7 Å². The minimum Gasteiger partial charge on any atom is -0.369 e. The second-order valence-corrected chi connectivity index (χ2v) is 8.35. The third-order valence-electron chi connectivity index (χ3n) is 5.98. The van der Waals surface area contributed by atoms with E-state index in [9.17, 15) is 4.39 Å². The molecule has 0 bridgehead atoms. The molecule has 0 amide bonds. The van der Waals surface area contributed by atoms with E-state index in [1.807, 2.05) is 67.3 Å². The Morgan fingerprint density at radius 3 is 2.67 bits per heavy atom. The third kappa shape index (κ3) is 2.51. The molecule has 7 heteroatoms. The molecule has 2 aromatic heterocycles. The van der Waals surface area contributed by atoms with Crippen molar-refractivity contribution >= 4 is 16.6 Å². The normalized spacial score (nSPS) is 14.5. The maximum Gasteiger partial charge on any atom is 0.162 e. The number of hydrogen-bond acceptors (Lipinski definition) is 3. The molecule has 0 aliphatic carbocycles. The summed E-state index contributed by atoms with van der Waals surface area (Å²) in [4.78, 5) is 0. The standard InChI is InChI=1S/C23H23F2N5/c1-13-17(15-6-5-7-19-16(15)8-10-29(19)11-9-24)12-18(25)20-21(13)30-14(2)27-28-22(30)23(3,4)26-20/h5-8,10,12,26H,9,11H2,1-4H3. The Morgan fingerprint density at radius 2 is 1.90 bits per heavy atom. The van der Waals surface area contributed by atoms with Crippen LogP contribution in [-0.4, -0.2) is 26.0 Å². The molecule has 0 unspecified atom stereocenters. The molecule has 0 saturated carbocycles. The number of hydrogen-bond donors (Lipinski definition) is 1. The highest BCUT2D eigenvalue weighted by atomic mass is 19.1. The first-order valence-corrected chi connectivity index (χ1v) is 10.0. The molecule has 1 aliphatic rings. The molecular formula is C23H23F2N5. The van der Waals surface area contributed by atoms with E-state index in [2.05, 4.69) is 15.5 Å². The minimum absolute atomic E-state index is 0.298. The van der Waals surface area contributed by atoms with Crippen LogP contribution < -0.4 is 5.32 Å². The van der Waals surface area contributed by atoms with E-state index in [0.29, 0.717) is 18.1 Å². The zero-order chi connectivity index (χ0) is 21.2. The van der Waals surface area contributed by atoms with E-state index in [1.165, 1.54) is 0 Å². The van der Waals surface area contributed by atoms with Gasteiger partial charge in [-0.25, -0.2) is 8.78 Å². The lowest BCUT2D eigenvalue weighted by Gasteiger charge is -2.35. The molecule has 2 aromatic carbocycles. The lowest BCUT2D eigenvalue weighted by Crippen LogP contribution is -2.37. The number of alkyl halides is 1.